The molecule has 1 atom stereocenters. The molecule has 0 bridgehead atoms. The van der Waals surface area contributed by atoms with E-state index in [-0.39, 0.29) is 10.6 Å². The van der Waals surface area contributed by atoms with Crippen LogP contribution in [0.2, 0.25) is 0 Å². The van der Waals surface area contributed by atoms with Crippen molar-refractivity contribution in [3.05, 3.63) is 62.9 Å². The van der Waals surface area contributed by atoms with Crippen molar-refractivity contribution in [3.63, 3.8) is 0 Å². The third kappa shape index (κ3) is 3.23. The molecule has 2 aromatic carbocycles. The lowest BCUT2D eigenvalue weighted by Gasteiger charge is -2.17. The topological polar surface area (TPSA) is 9.23 Å². The lowest BCUT2D eigenvalue weighted by molar-refractivity contribution is 0.410. The van der Waals surface area contributed by atoms with Crippen LogP contribution in [0.25, 0.3) is 0 Å². The molecule has 0 heterocycles. The van der Waals surface area contributed by atoms with Crippen molar-refractivity contribution >= 4 is 31.9 Å². The monoisotopic (exact) mass is 400 g/mol. The number of aryl methyl sites for hydroxylation is 2. The molecule has 0 aliphatic rings. The molecule has 0 saturated heterocycles. The van der Waals surface area contributed by atoms with Gasteiger partial charge in [0.25, 0.3) is 0 Å². The Balaban J connectivity index is 2.52. The number of hydrogen-bond acceptors (Lipinski definition) is 1. The molecule has 0 aromatic heterocycles. The maximum atomic E-state index is 13.6. The molecule has 0 amide bonds. The number of rotatable bonds is 3. The molecule has 0 saturated carbocycles. The van der Waals surface area contributed by atoms with Crippen LogP contribution in [0.4, 0.5) is 4.39 Å². The van der Waals surface area contributed by atoms with E-state index in [1.165, 1.54) is 6.07 Å². The van der Waals surface area contributed by atoms with E-state index >= 15 is 0 Å². The molecule has 0 fully saturated rings. The van der Waals surface area contributed by atoms with Gasteiger partial charge in [-0.05, 0) is 54.8 Å². The summed E-state index contributed by atoms with van der Waals surface area (Å²) in [6.07, 6.45) is 0. The first-order valence-corrected chi connectivity index (χ1v) is 7.88. The first-order chi connectivity index (χ1) is 9.42. The summed E-state index contributed by atoms with van der Waals surface area (Å²) in [7, 11) is 1.64. The molecule has 0 N–H and O–H groups in total. The minimum Gasteiger partial charge on any atom is -0.496 e. The zero-order chi connectivity index (χ0) is 14.9. The summed E-state index contributed by atoms with van der Waals surface area (Å²) < 4.78 is 20.0. The summed E-state index contributed by atoms with van der Waals surface area (Å²) in [4.78, 5) is -0.122. The Hall–Kier alpha value is -0.870. The van der Waals surface area contributed by atoms with Crippen molar-refractivity contribution in [3.8, 4) is 5.75 Å². The second-order valence-corrected chi connectivity index (χ2v) is 6.54. The first kappa shape index (κ1) is 15.5. The fourth-order valence-electron chi connectivity index (χ4n) is 2.14. The molecule has 0 aliphatic heterocycles. The Morgan fingerprint density at radius 1 is 1.10 bits per heavy atom. The predicted molar refractivity (Wildman–Crippen MR) is 87.3 cm³/mol. The minimum atomic E-state index is -0.227. The Labute approximate surface area is 135 Å². The maximum Gasteiger partial charge on any atom is 0.123 e. The van der Waals surface area contributed by atoms with Crippen LogP contribution in [-0.4, -0.2) is 7.11 Å². The second-order valence-electron chi connectivity index (χ2n) is 4.77. The quantitative estimate of drug-likeness (QED) is 0.599. The van der Waals surface area contributed by atoms with Gasteiger partial charge >= 0.3 is 0 Å². The van der Waals surface area contributed by atoms with E-state index in [9.17, 15) is 4.39 Å². The number of hydrogen-bond donors (Lipinski definition) is 0. The lowest BCUT2D eigenvalue weighted by atomic mass is 10.0. The summed E-state index contributed by atoms with van der Waals surface area (Å²) in [5.74, 6) is 0.559. The smallest absolute Gasteiger partial charge is 0.123 e. The molecule has 2 rings (SSSR count). The van der Waals surface area contributed by atoms with Crippen molar-refractivity contribution in [1.29, 1.82) is 0 Å². The largest absolute Gasteiger partial charge is 0.496 e. The molecule has 1 unspecified atom stereocenters. The van der Waals surface area contributed by atoms with Crippen LogP contribution in [0.15, 0.2) is 34.8 Å². The number of benzene rings is 2. The standard InChI is InChI=1S/C16H15Br2FO/c1-9-4-11(7-12(19)5-9)16(18)13-8-14(17)10(2)6-15(13)20-3/h4-8,16H,1-3H3. The third-order valence-corrected chi connectivity index (χ3v) is 5.02. The highest BCUT2D eigenvalue weighted by Crippen LogP contribution is 2.39. The van der Waals surface area contributed by atoms with Gasteiger partial charge in [-0.1, -0.05) is 37.9 Å². The van der Waals surface area contributed by atoms with Gasteiger partial charge in [0.1, 0.15) is 11.6 Å². The van der Waals surface area contributed by atoms with Crippen LogP contribution in [0.5, 0.6) is 5.75 Å². The molecule has 2 aromatic rings. The average molecular weight is 402 g/mol. The van der Waals surface area contributed by atoms with E-state index in [4.69, 9.17) is 4.74 Å². The van der Waals surface area contributed by atoms with Crippen molar-refractivity contribution in [2.45, 2.75) is 18.7 Å². The molecule has 0 radical (unpaired) electrons. The van der Waals surface area contributed by atoms with Gasteiger partial charge in [0.15, 0.2) is 0 Å². The van der Waals surface area contributed by atoms with Crippen molar-refractivity contribution in [2.75, 3.05) is 7.11 Å². The number of methoxy groups -OCH3 is 1. The van der Waals surface area contributed by atoms with Gasteiger partial charge < -0.3 is 4.74 Å². The third-order valence-electron chi connectivity index (χ3n) is 3.14. The fraction of sp³-hybridized carbons (Fsp3) is 0.250. The Morgan fingerprint density at radius 2 is 1.80 bits per heavy atom. The van der Waals surface area contributed by atoms with Crippen LogP contribution >= 0.6 is 31.9 Å². The van der Waals surface area contributed by atoms with E-state index < -0.39 is 0 Å². The van der Waals surface area contributed by atoms with Crippen molar-refractivity contribution in [1.82, 2.24) is 0 Å². The molecule has 20 heavy (non-hydrogen) atoms. The van der Waals surface area contributed by atoms with Crippen LogP contribution in [-0.2, 0) is 0 Å². The van der Waals surface area contributed by atoms with Gasteiger partial charge in [0, 0.05) is 10.0 Å². The second kappa shape index (κ2) is 6.27. The number of halogens is 3. The van der Waals surface area contributed by atoms with Gasteiger partial charge in [0.2, 0.25) is 0 Å². The van der Waals surface area contributed by atoms with Gasteiger partial charge in [-0.3, -0.25) is 0 Å². The Bertz CT molecular complexity index is 620. The zero-order valence-electron chi connectivity index (χ0n) is 11.5. The summed E-state index contributed by atoms with van der Waals surface area (Å²) in [6.45, 7) is 3.89. The fourth-order valence-corrected chi connectivity index (χ4v) is 3.12. The normalized spacial score (nSPS) is 12.3. The summed E-state index contributed by atoms with van der Waals surface area (Å²) >= 11 is 7.17. The van der Waals surface area contributed by atoms with Gasteiger partial charge in [0.05, 0.1) is 11.9 Å². The molecule has 0 aliphatic carbocycles. The van der Waals surface area contributed by atoms with Gasteiger partial charge in [-0.2, -0.15) is 0 Å². The molecule has 4 heteroatoms. The van der Waals surface area contributed by atoms with E-state index in [1.807, 2.05) is 32.0 Å². The average Bonchev–Trinajstić information content (AvgIpc) is 2.39. The summed E-state index contributed by atoms with van der Waals surface area (Å²) in [5, 5.41) is 0. The van der Waals surface area contributed by atoms with Crippen LogP contribution in [0, 0.1) is 19.7 Å². The molecule has 0 spiro atoms. The molecular weight excluding hydrogens is 387 g/mol. The SMILES string of the molecule is COc1cc(C)c(Br)cc1C(Br)c1cc(C)cc(F)c1. The number of ether oxygens (including phenoxy) is 1. The van der Waals surface area contributed by atoms with E-state index in [2.05, 4.69) is 31.9 Å². The van der Waals surface area contributed by atoms with Crippen molar-refractivity contribution < 1.29 is 9.13 Å². The van der Waals surface area contributed by atoms with Gasteiger partial charge in [-0.25, -0.2) is 4.39 Å². The Kier molecular flexibility index (Phi) is 4.86. The minimum absolute atomic E-state index is 0.122. The number of alkyl halides is 1. The van der Waals surface area contributed by atoms with Crippen molar-refractivity contribution in [2.24, 2.45) is 0 Å². The highest BCUT2D eigenvalue weighted by atomic mass is 79.9. The summed E-state index contributed by atoms with van der Waals surface area (Å²) in [5.41, 5.74) is 3.84. The first-order valence-electron chi connectivity index (χ1n) is 6.17. The van der Waals surface area contributed by atoms with E-state index in [0.29, 0.717) is 0 Å². The van der Waals surface area contributed by atoms with Gasteiger partial charge in [-0.15, -0.1) is 0 Å². The van der Waals surface area contributed by atoms with Crippen LogP contribution in [0.3, 0.4) is 0 Å². The highest BCUT2D eigenvalue weighted by Gasteiger charge is 2.18. The summed E-state index contributed by atoms with van der Waals surface area (Å²) in [6, 6.07) is 9.01. The highest BCUT2D eigenvalue weighted by molar-refractivity contribution is 9.10. The predicted octanol–water partition coefficient (Wildman–Crippen LogP) is 5.70. The molecular formula is C16H15Br2FO. The van der Waals surface area contributed by atoms with Crippen LogP contribution in [0.1, 0.15) is 27.1 Å². The Morgan fingerprint density at radius 3 is 2.40 bits per heavy atom. The van der Waals surface area contributed by atoms with E-state index in [1.54, 1.807) is 13.2 Å². The molecule has 106 valence electrons. The van der Waals surface area contributed by atoms with Crippen LogP contribution < -0.4 is 4.74 Å². The molecule has 1 nitrogen and oxygen atoms in total. The zero-order valence-corrected chi connectivity index (χ0v) is 14.7. The maximum absolute atomic E-state index is 13.6. The van der Waals surface area contributed by atoms with E-state index in [0.717, 1.165) is 32.5 Å². The lowest BCUT2D eigenvalue weighted by Crippen LogP contribution is -1.99.